The quantitative estimate of drug-likeness (QED) is 0.589. The predicted octanol–water partition coefficient (Wildman–Crippen LogP) is 2.53. The Labute approximate surface area is 186 Å². The van der Waals surface area contributed by atoms with Gasteiger partial charge in [-0.3, -0.25) is 14.3 Å². The molecular weight excluding hydrogens is 408 g/mol. The molecule has 2 amide bonds. The second kappa shape index (κ2) is 8.37. The zero-order valence-corrected chi connectivity index (χ0v) is 18.5. The number of hydrogen-bond donors (Lipinski definition) is 0. The Kier molecular flexibility index (Phi) is 5.40. The molecule has 1 atom stereocenters. The van der Waals surface area contributed by atoms with Crippen molar-refractivity contribution in [1.29, 1.82) is 0 Å². The van der Waals surface area contributed by atoms with Gasteiger partial charge in [-0.2, -0.15) is 10.1 Å². The first kappa shape index (κ1) is 20.7. The van der Waals surface area contributed by atoms with Gasteiger partial charge >= 0.3 is 0 Å². The molecular formula is C23H28N6O3. The van der Waals surface area contributed by atoms with Crippen molar-refractivity contribution in [2.75, 3.05) is 19.6 Å². The van der Waals surface area contributed by atoms with Crippen molar-refractivity contribution in [1.82, 2.24) is 29.7 Å². The molecule has 168 valence electrons. The van der Waals surface area contributed by atoms with E-state index in [0.29, 0.717) is 43.5 Å². The van der Waals surface area contributed by atoms with E-state index in [-0.39, 0.29) is 17.9 Å². The molecule has 32 heavy (non-hydrogen) atoms. The number of rotatable bonds is 6. The van der Waals surface area contributed by atoms with Crippen LogP contribution in [0, 0.1) is 0 Å². The molecule has 0 radical (unpaired) electrons. The molecule has 9 nitrogen and oxygen atoms in total. The van der Waals surface area contributed by atoms with E-state index in [4.69, 9.17) is 4.52 Å². The van der Waals surface area contributed by atoms with Crippen molar-refractivity contribution in [3.63, 3.8) is 0 Å². The number of fused-ring (bicyclic) bond motifs is 1. The van der Waals surface area contributed by atoms with E-state index in [9.17, 15) is 9.59 Å². The molecule has 1 aliphatic carbocycles. The molecule has 3 heterocycles. The third kappa shape index (κ3) is 3.76. The number of para-hydroxylation sites is 1. The number of likely N-dealkylation sites (tertiary alicyclic amines) is 1. The Morgan fingerprint density at radius 3 is 2.78 bits per heavy atom. The van der Waals surface area contributed by atoms with E-state index in [1.165, 1.54) is 6.42 Å². The number of carbonyl (C=O) groups is 2. The van der Waals surface area contributed by atoms with Gasteiger partial charge in [0.05, 0.1) is 11.6 Å². The molecule has 1 aromatic carbocycles. The minimum Gasteiger partial charge on any atom is -0.339 e. The summed E-state index contributed by atoms with van der Waals surface area (Å²) in [5.74, 6) is 1.67. The van der Waals surface area contributed by atoms with E-state index >= 15 is 0 Å². The van der Waals surface area contributed by atoms with Crippen molar-refractivity contribution >= 4 is 22.7 Å². The van der Waals surface area contributed by atoms with Crippen LogP contribution in [0.2, 0.25) is 0 Å². The molecule has 1 saturated heterocycles. The van der Waals surface area contributed by atoms with Gasteiger partial charge in [0.2, 0.25) is 11.8 Å². The molecule has 9 heteroatoms. The van der Waals surface area contributed by atoms with Crippen LogP contribution < -0.4 is 0 Å². The zero-order valence-electron chi connectivity index (χ0n) is 18.5. The average Bonchev–Trinajstić information content (AvgIpc) is 3.47. The van der Waals surface area contributed by atoms with Crippen LogP contribution in [-0.2, 0) is 18.3 Å². The highest BCUT2D eigenvalue weighted by Gasteiger charge is 2.34. The molecule has 1 aliphatic heterocycles. The Morgan fingerprint density at radius 2 is 2.03 bits per heavy atom. The monoisotopic (exact) mass is 436 g/mol. The maximum absolute atomic E-state index is 13.2. The largest absolute Gasteiger partial charge is 0.339 e. The molecule has 0 bridgehead atoms. The van der Waals surface area contributed by atoms with Crippen LogP contribution >= 0.6 is 0 Å². The van der Waals surface area contributed by atoms with Crippen LogP contribution in [0.15, 0.2) is 28.8 Å². The molecule has 3 aromatic rings. The Balaban J connectivity index is 1.24. The number of hydrogen-bond acceptors (Lipinski definition) is 6. The van der Waals surface area contributed by atoms with Gasteiger partial charge in [-0.25, -0.2) is 0 Å². The van der Waals surface area contributed by atoms with E-state index in [1.54, 1.807) is 16.5 Å². The molecule has 1 unspecified atom stereocenters. The summed E-state index contributed by atoms with van der Waals surface area (Å²) in [6.07, 6.45) is 4.73. The zero-order chi connectivity index (χ0) is 22.2. The van der Waals surface area contributed by atoms with Gasteiger partial charge in [0.1, 0.15) is 0 Å². The number of amides is 2. The lowest BCUT2D eigenvalue weighted by Crippen LogP contribution is -2.42. The summed E-state index contributed by atoms with van der Waals surface area (Å²) in [6, 6.07) is 7.71. The van der Waals surface area contributed by atoms with Gasteiger partial charge in [0, 0.05) is 51.3 Å². The third-order valence-corrected chi connectivity index (χ3v) is 6.77. The number of aromatic nitrogens is 4. The summed E-state index contributed by atoms with van der Waals surface area (Å²) in [5, 5.41) is 9.41. The SMILES string of the molecule is CC(=O)N(CCc1noc(C2CCC2)n1)C1CCN(C(=O)c2nn(C)c3ccccc23)C1. The molecule has 1 saturated carbocycles. The van der Waals surface area contributed by atoms with Crippen molar-refractivity contribution in [3.8, 4) is 0 Å². The fourth-order valence-corrected chi connectivity index (χ4v) is 4.71. The van der Waals surface area contributed by atoms with Gasteiger partial charge in [-0.05, 0) is 25.3 Å². The fraction of sp³-hybridized carbons (Fsp3) is 0.522. The van der Waals surface area contributed by atoms with Crippen LogP contribution in [0.5, 0.6) is 0 Å². The summed E-state index contributed by atoms with van der Waals surface area (Å²) in [5.41, 5.74) is 1.40. The molecule has 2 fully saturated rings. The second-order valence-electron chi connectivity index (χ2n) is 8.82. The first-order valence-corrected chi connectivity index (χ1v) is 11.3. The van der Waals surface area contributed by atoms with E-state index in [2.05, 4.69) is 15.2 Å². The molecule has 0 spiro atoms. The number of aryl methyl sites for hydroxylation is 1. The van der Waals surface area contributed by atoms with Crippen LogP contribution in [-0.4, -0.2) is 67.2 Å². The van der Waals surface area contributed by atoms with Gasteiger partial charge in [-0.15, -0.1) is 0 Å². The smallest absolute Gasteiger partial charge is 0.275 e. The minimum atomic E-state index is -0.0869. The highest BCUT2D eigenvalue weighted by Crippen LogP contribution is 2.35. The summed E-state index contributed by atoms with van der Waals surface area (Å²) in [4.78, 5) is 33.7. The van der Waals surface area contributed by atoms with Gasteiger partial charge < -0.3 is 14.3 Å². The van der Waals surface area contributed by atoms with E-state index in [1.807, 2.05) is 36.2 Å². The Bertz CT molecular complexity index is 1150. The number of carbonyl (C=O) groups excluding carboxylic acids is 2. The van der Waals surface area contributed by atoms with Crippen LogP contribution in [0.4, 0.5) is 0 Å². The maximum atomic E-state index is 13.2. The highest BCUT2D eigenvalue weighted by atomic mass is 16.5. The lowest BCUT2D eigenvalue weighted by molar-refractivity contribution is -0.130. The topological polar surface area (TPSA) is 97.4 Å². The summed E-state index contributed by atoms with van der Waals surface area (Å²) >= 11 is 0. The van der Waals surface area contributed by atoms with Crippen LogP contribution in [0.1, 0.15) is 60.7 Å². The van der Waals surface area contributed by atoms with Crippen LogP contribution in [0.25, 0.3) is 10.9 Å². The molecule has 2 aliphatic rings. The Morgan fingerprint density at radius 1 is 1.22 bits per heavy atom. The lowest BCUT2D eigenvalue weighted by atomic mass is 9.85. The fourth-order valence-electron chi connectivity index (χ4n) is 4.71. The molecule has 2 aromatic heterocycles. The van der Waals surface area contributed by atoms with Gasteiger partial charge in [-0.1, -0.05) is 29.8 Å². The number of benzene rings is 1. The number of nitrogens with zero attached hydrogens (tertiary/aromatic N) is 6. The van der Waals surface area contributed by atoms with Crippen molar-refractivity contribution in [3.05, 3.63) is 41.7 Å². The van der Waals surface area contributed by atoms with Crippen molar-refractivity contribution in [2.45, 2.75) is 51.0 Å². The van der Waals surface area contributed by atoms with Crippen LogP contribution in [0.3, 0.4) is 0 Å². The first-order chi connectivity index (χ1) is 15.5. The standard InChI is InChI=1S/C23H28N6O3/c1-15(30)29(13-11-20-24-22(32-26-20)16-6-5-7-16)17-10-12-28(14-17)23(31)21-18-8-3-4-9-19(18)27(2)25-21/h3-4,8-9,16-17H,5-7,10-14H2,1-2H3. The second-order valence-corrected chi connectivity index (χ2v) is 8.82. The lowest BCUT2D eigenvalue weighted by Gasteiger charge is -2.27. The predicted molar refractivity (Wildman–Crippen MR) is 117 cm³/mol. The summed E-state index contributed by atoms with van der Waals surface area (Å²) in [6.45, 7) is 3.19. The molecule has 0 N–H and O–H groups in total. The third-order valence-electron chi connectivity index (χ3n) is 6.77. The first-order valence-electron chi connectivity index (χ1n) is 11.3. The highest BCUT2D eigenvalue weighted by molar-refractivity contribution is 6.05. The van der Waals surface area contributed by atoms with Crippen molar-refractivity contribution < 1.29 is 14.1 Å². The van der Waals surface area contributed by atoms with Crippen molar-refractivity contribution in [2.24, 2.45) is 7.05 Å². The van der Waals surface area contributed by atoms with Gasteiger partial charge in [0.15, 0.2) is 11.5 Å². The summed E-state index contributed by atoms with van der Waals surface area (Å²) in [7, 11) is 1.84. The van der Waals surface area contributed by atoms with E-state index in [0.717, 1.165) is 36.1 Å². The Hall–Kier alpha value is -3.23. The minimum absolute atomic E-state index is 0.00436. The maximum Gasteiger partial charge on any atom is 0.275 e. The van der Waals surface area contributed by atoms with E-state index < -0.39 is 0 Å². The average molecular weight is 437 g/mol. The normalized spacial score (nSPS) is 18.8. The summed E-state index contributed by atoms with van der Waals surface area (Å²) < 4.78 is 7.13. The van der Waals surface area contributed by atoms with Gasteiger partial charge in [0.25, 0.3) is 5.91 Å². The molecule has 5 rings (SSSR count).